The van der Waals surface area contributed by atoms with Crippen LogP contribution in [0.25, 0.3) is 76.5 Å². The number of hydrogen-bond acceptors (Lipinski definition) is 1. The predicted octanol–water partition coefficient (Wildman–Crippen LogP) is 15.7. The minimum atomic E-state index is -0.0694. The number of nitrogens with zero attached hydrogens (tertiary/aromatic N) is 1. The Morgan fingerprint density at radius 3 is 1.58 bits per heavy atom. The molecular formula is C56H41N. The topological polar surface area (TPSA) is 3.24 Å². The molecule has 0 aliphatic heterocycles. The van der Waals surface area contributed by atoms with Gasteiger partial charge in [0.1, 0.15) is 0 Å². The summed E-state index contributed by atoms with van der Waals surface area (Å²) in [5.41, 5.74) is 15.2. The number of fused-ring (bicyclic) bond motifs is 7. The number of aryl methyl sites for hydroxylation is 1. The molecule has 1 aliphatic rings. The van der Waals surface area contributed by atoms with Gasteiger partial charge >= 0.3 is 0 Å². The van der Waals surface area contributed by atoms with Crippen LogP contribution in [0, 0.1) is 6.92 Å². The zero-order valence-corrected chi connectivity index (χ0v) is 32.4. The molecule has 0 N–H and O–H groups in total. The third kappa shape index (κ3) is 5.09. The van der Waals surface area contributed by atoms with Crippen molar-refractivity contribution in [3.8, 4) is 33.4 Å². The van der Waals surface area contributed by atoms with Crippen molar-refractivity contribution < 1.29 is 0 Å². The third-order valence-corrected chi connectivity index (χ3v) is 12.6. The summed E-state index contributed by atoms with van der Waals surface area (Å²) in [6.07, 6.45) is 0. The number of hydrogen-bond donors (Lipinski definition) is 0. The largest absolute Gasteiger partial charge is 0.309 e. The molecule has 0 saturated heterocycles. The van der Waals surface area contributed by atoms with E-state index in [0.717, 1.165) is 11.4 Å². The van der Waals surface area contributed by atoms with Gasteiger partial charge in [0.2, 0.25) is 0 Å². The summed E-state index contributed by atoms with van der Waals surface area (Å²) in [5, 5.41) is 10.0. The second-order valence-electron chi connectivity index (χ2n) is 16.1. The molecule has 1 nitrogen and oxygen atoms in total. The molecule has 0 bridgehead atoms. The summed E-state index contributed by atoms with van der Waals surface area (Å²) < 4.78 is 0. The summed E-state index contributed by atoms with van der Waals surface area (Å²) in [4.78, 5) is 2.45. The molecule has 0 amide bonds. The van der Waals surface area contributed by atoms with Crippen molar-refractivity contribution in [1.82, 2.24) is 0 Å². The molecule has 0 atom stereocenters. The van der Waals surface area contributed by atoms with Crippen LogP contribution >= 0.6 is 0 Å². The Labute approximate surface area is 334 Å². The molecule has 0 radical (unpaired) electrons. The summed E-state index contributed by atoms with van der Waals surface area (Å²) in [7, 11) is 0. The van der Waals surface area contributed by atoms with Gasteiger partial charge in [-0.3, -0.25) is 0 Å². The highest BCUT2D eigenvalue weighted by atomic mass is 15.1. The average Bonchev–Trinajstić information content (AvgIpc) is 3.49. The Bertz CT molecular complexity index is 3160. The second kappa shape index (κ2) is 12.8. The van der Waals surface area contributed by atoms with Crippen molar-refractivity contribution in [2.75, 3.05) is 4.90 Å². The lowest BCUT2D eigenvalue weighted by Crippen LogP contribution is -2.14. The Morgan fingerprint density at radius 1 is 0.368 bits per heavy atom. The van der Waals surface area contributed by atoms with Gasteiger partial charge in [-0.15, -0.1) is 0 Å². The normalized spacial score (nSPS) is 13.0. The van der Waals surface area contributed by atoms with Crippen LogP contribution in [0.15, 0.2) is 194 Å². The molecule has 1 aliphatic carbocycles. The van der Waals surface area contributed by atoms with Gasteiger partial charge in [0.25, 0.3) is 0 Å². The highest BCUT2D eigenvalue weighted by Gasteiger charge is 2.35. The van der Waals surface area contributed by atoms with Crippen molar-refractivity contribution in [3.63, 3.8) is 0 Å². The van der Waals surface area contributed by atoms with Crippen LogP contribution in [0.1, 0.15) is 30.5 Å². The summed E-state index contributed by atoms with van der Waals surface area (Å²) in [6, 6.07) is 72.0. The number of anilines is 3. The van der Waals surface area contributed by atoms with Crippen LogP contribution in [-0.4, -0.2) is 0 Å². The fraction of sp³-hybridized carbons (Fsp3) is 0.0714. The van der Waals surface area contributed by atoms with Crippen molar-refractivity contribution in [2.45, 2.75) is 26.2 Å². The zero-order valence-electron chi connectivity index (χ0n) is 32.4. The van der Waals surface area contributed by atoms with Gasteiger partial charge in [-0.25, -0.2) is 0 Å². The lowest BCUT2D eigenvalue weighted by molar-refractivity contribution is 0.660. The molecule has 0 heterocycles. The molecule has 11 rings (SSSR count). The third-order valence-electron chi connectivity index (χ3n) is 12.6. The maximum Gasteiger partial charge on any atom is 0.0540 e. The highest BCUT2D eigenvalue weighted by molar-refractivity contribution is 6.21. The maximum absolute atomic E-state index is 2.47. The SMILES string of the molecule is Cc1ccc(N(c2ccc(-c3c4ccccc4c(-c4ccc5c(c4)C(C)(C)c4ccccc4-5)c4ccccc34)cc2)c2cccc3ccccc23)c2ccccc12. The standard InChI is InChI=1S/C56H41N/c1-36-27-34-53(45-20-7-6-17-41(36)45)57(52-26-14-16-37-15-4-5-18-42(37)52)40-31-28-38(29-32-40)54-46-21-8-10-23-48(46)55(49-24-11-9-22-47(49)54)39-30-33-44-43-19-12-13-25-50(43)56(2,3)51(44)35-39/h4-35H,1-3H3. The van der Waals surface area contributed by atoms with Gasteiger partial charge < -0.3 is 4.90 Å². The molecule has 10 aromatic carbocycles. The fourth-order valence-electron chi connectivity index (χ4n) is 9.83. The molecule has 0 unspecified atom stereocenters. The van der Waals surface area contributed by atoms with Gasteiger partial charge in [-0.1, -0.05) is 178 Å². The van der Waals surface area contributed by atoms with Crippen molar-refractivity contribution in [3.05, 3.63) is 211 Å². The minimum absolute atomic E-state index is 0.0694. The molecule has 1 heteroatoms. The molecule has 0 fully saturated rings. The zero-order chi connectivity index (χ0) is 38.3. The lowest BCUT2D eigenvalue weighted by Gasteiger charge is -2.29. The first-order valence-electron chi connectivity index (χ1n) is 20.0. The van der Waals surface area contributed by atoms with E-state index >= 15 is 0 Å². The van der Waals surface area contributed by atoms with Gasteiger partial charge in [-0.05, 0) is 120 Å². The quantitative estimate of drug-likeness (QED) is 0.160. The molecule has 57 heavy (non-hydrogen) atoms. The first kappa shape index (κ1) is 33.4. The van der Waals surface area contributed by atoms with Gasteiger partial charge in [-0.2, -0.15) is 0 Å². The van der Waals surface area contributed by atoms with E-state index in [4.69, 9.17) is 0 Å². The first-order chi connectivity index (χ1) is 28.0. The van der Waals surface area contributed by atoms with Crippen LogP contribution in [0.2, 0.25) is 0 Å². The summed E-state index contributed by atoms with van der Waals surface area (Å²) in [6.45, 7) is 6.94. The van der Waals surface area contributed by atoms with Gasteiger partial charge in [0.05, 0.1) is 11.4 Å². The Balaban J connectivity index is 1.10. The van der Waals surface area contributed by atoms with E-state index in [1.54, 1.807) is 0 Å². The van der Waals surface area contributed by atoms with Crippen LogP contribution in [0.4, 0.5) is 17.1 Å². The van der Waals surface area contributed by atoms with E-state index in [1.807, 2.05) is 0 Å². The van der Waals surface area contributed by atoms with E-state index in [2.05, 4.69) is 220 Å². The summed E-state index contributed by atoms with van der Waals surface area (Å²) >= 11 is 0. The molecular weight excluding hydrogens is 687 g/mol. The Morgan fingerprint density at radius 2 is 0.877 bits per heavy atom. The average molecular weight is 728 g/mol. The van der Waals surface area contributed by atoms with E-state index < -0.39 is 0 Å². The van der Waals surface area contributed by atoms with Gasteiger partial charge in [0, 0.05) is 21.9 Å². The summed E-state index contributed by atoms with van der Waals surface area (Å²) in [5.74, 6) is 0. The number of rotatable bonds is 5. The molecule has 270 valence electrons. The molecule has 0 spiro atoms. The van der Waals surface area contributed by atoms with E-state index in [9.17, 15) is 0 Å². The Kier molecular flexibility index (Phi) is 7.50. The maximum atomic E-state index is 2.47. The van der Waals surface area contributed by atoms with Crippen LogP contribution in [0.5, 0.6) is 0 Å². The smallest absolute Gasteiger partial charge is 0.0540 e. The van der Waals surface area contributed by atoms with Crippen molar-refractivity contribution in [1.29, 1.82) is 0 Å². The monoisotopic (exact) mass is 727 g/mol. The highest BCUT2D eigenvalue weighted by Crippen LogP contribution is 2.51. The van der Waals surface area contributed by atoms with Crippen molar-refractivity contribution in [2.24, 2.45) is 0 Å². The van der Waals surface area contributed by atoms with Crippen molar-refractivity contribution >= 4 is 60.2 Å². The van der Waals surface area contributed by atoms with Crippen LogP contribution < -0.4 is 4.90 Å². The molecule has 10 aromatic rings. The molecule has 0 saturated carbocycles. The van der Waals surface area contributed by atoms with Crippen LogP contribution in [0.3, 0.4) is 0 Å². The van der Waals surface area contributed by atoms with Crippen LogP contribution in [-0.2, 0) is 5.41 Å². The number of benzene rings is 10. The van der Waals surface area contributed by atoms with Gasteiger partial charge in [0.15, 0.2) is 0 Å². The lowest BCUT2D eigenvalue weighted by atomic mass is 9.80. The van der Waals surface area contributed by atoms with E-state index in [-0.39, 0.29) is 5.41 Å². The second-order valence-corrected chi connectivity index (χ2v) is 16.1. The minimum Gasteiger partial charge on any atom is -0.309 e. The first-order valence-corrected chi connectivity index (χ1v) is 20.0. The van der Waals surface area contributed by atoms with E-state index in [1.165, 1.54) is 98.8 Å². The molecule has 0 aromatic heterocycles. The van der Waals surface area contributed by atoms with E-state index in [0.29, 0.717) is 0 Å². The Hall–Kier alpha value is -6.96. The predicted molar refractivity (Wildman–Crippen MR) is 244 cm³/mol. The fourth-order valence-corrected chi connectivity index (χ4v) is 9.83.